The van der Waals surface area contributed by atoms with Crippen molar-refractivity contribution in [3.63, 3.8) is 0 Å². The van der Waals surface area contributed by atoms with E-state index < -0.39 is 0 Å². The second-order valence-corrected chi connectivity index (χ2v) is 3.98. The van der Waals surface area contributed by atoms with Crippen molar-refractivity contribution in [2.45, 2.75) is 27.7 Å². The molecule has 0 aromatic heterocycles. The molecule has 96 valence electrons. The van der Waals surface area contributed by atoms with Gasteiger partial charge in [-0.1, -0.05) is 84.1 Å². The first kappa shape index (κ1) is 16.2. The maximum absolute atomic E-state index is 2.10. The van der Waals surface area contributed by atoms with Crippen LogP contribution < -0.4 is 0 Å². The van der Waals surface area contributed by atoms with Crippen LogP contribution in [0.5, 0.6) is 0 Å². The minimum atomic E-state index is 1.24. The van der Waals surface area contributed by atoms with Gasteiger partial charge in [0.05, 0.1) is 0 Å². The summed E-state index contributed by atoms with van der Waals surface area (Å²) in [4.78, 5) is 0. The maximum atomic E-state index is 2.10. The van der Waals surface area contributed by atoms with E-state index >= 15 is 0 Å². The summed E-state index contributed by atoms with van der Waals surface area (Å²) in [6.45, 7) is 8.20. The normalized spacial score (nSPS) is 15.3. The summed E-state index contributed by atoms with van der Waals surface area (Å²) in [5, 5.41) is 0. The van der Waals surface area contributed by atoms with Crippen LogP contribution in [0.25, 0.3) is 0 Å². The zero-order chi connectivity index (χ0) is 13.6. The summed E-state index contributed by atoms with van der Waals surface area (Å²) in [5.74, 6) is 0. The Morgan fingerprint density at radius 2 is 0.944 bits per heavy atom. The lowest BCUT2D eigenvalue weighted by Gasteiger charge is -1.88. The van der Waals surface area contributed by atoms with Gasteiger partial charge in [0.1, 0.15) is 0 Å². The van der Waals surface area contributed by atoms with Crippen molar-refractivity contribution in [1.82, 2.24) is 0 Å². The summed E-state index contributed by atoms with van der Waals surface area (Å²) >= 11 is 0. The van der Waals surface area contributed by atoms with E-state index in [9.17, 15) is 0 Å². The van der Waals surface area contributed by atoms with Crippen molar-refractivity contribution in [2.24, 2.45) is 0 Å². The second kappa shape index (κ2) is 11.7. The first-order chi connectivity index (χ1) is 8.70. The van der Waals surface area contributed by atoms with Gasteiger partial charge in [-0.25, -0.2) is 0 Å². The molecule has 0 amide bonds. The molecule has 0 aromatic rings. The monoisotopic (exact) mass is 240 g/mol. The van der Waals surface area contributed by atoms with Crippen LogP contribution in [0.2, 0.25) is 0 Å². The quantitative estimate of drug-likeness (QED) is 0.522. The number of allylic oxidation sites excluding steroid dienone is 14. The van der Waals surface area contributed by atoms with E-state index in [0.29, 0.717) is 0 Å². The van der Waals surface area contributed by atoms with Crippen LogP contribution in [0, 0.1) is 0 Å². The fourth-order valence-corrected chi connectivity index (χ4v) is 1.16. The Labute approximate surface area is 112 Å². The fraction of sp³-hybridized carbons (Fsp3) is 0.222. The van der Waals surface area contributed by atoms with Gasteiger partial charge in [0, 0.05) is 0 Å². The molecule has 0 aromatic carbocycles. The second-order valence-electron chi connectivity index (χ2n) is 3.98. The number of rotatable bonds is 6. The summed E-state index contributed by atoms with van der Waals surface area (Å²) in [7, 11) is 0. The van der Waals surface area contributed by atoms with Gasteiger partial charge in [-0.2, -0.15) is 0 Å². The van der Waals surface area contributed by atoms with Crippen molar-refractivity contribution in [3.05, 3.63) is 84.1 Å². The third kappa shape index (κ3) is 10.7. The van der Waals surface area contributed by atoms with Crippen molar-refractivity contribution in [3.8, 4) is 0 Å². The van der Waals surface area contributed by atoms with E-state index in [2.05, 4.69) is 50.3 Å². The third-order valence-corrected chi connectivity index (χ3v) is 2.15. The standard InChI is InChI=1S/C18H24/c1-5-7-9-13-17(3)15-11-12-16-18(4)14-10-8-6-2/h5-16H,1-4H3/b7-5?,8-6?,12-11+,13-9+,14-10+,17-15+,18-16+. The van der Waals surface area contributed by atoms with Gasteiger partial charge in [0.2, 0.25) is 0 Å². The average molecular weight is 240 g/mol. The van der Waals surface area contributed by atoms with Crippen molar-refractivity contribution >= 4 is 0 Å². The highest BCUT2D eigenvalue weighted by molar-refractivity contribution is 5.28. The van der Waals surface area contributed by atoms with Crippen LogP contribution in [0.1, 0.15) is 27.7 Å². The highest BCUT2D eigenvalue weighted by Crippen LogP contribution is 1.99. The molecule has 0 nitrogen and oxygen atoms in total. The molecule has 0 aliphatic heterocycles. The molecule has 0 unspecified atom stereocenters. The Hall–Kier alpha value is -1.82. The fourth-order valence-electron chi connectivity index (χ4n) is 1.16. The molecule has 0 saturated carbocycles. The highest BCUT2D eigenvalue weighted by Gasteiger charge is 1.78. The van der Waals surface area contributed by atoms with Crippen LogP contribution in [-0.2, 0) is 0 Å². The Morgan fingerprint density at radius 3 is 1.28 bits per heavy atom. The van der Waals surface area contributed by atoms with E-state index in [4.69, 9.17) is 0 Å². The molecule has 0 atom stereocenters. The van der Waals surface area contributed by atoms with Crippen LogP contribution >= 0.6 is 0 Å². The van der Waals surface area contributed by atoms with Crippen molar-refractivity contribution < 1.29 is 0 Å². The van der Waals surface area contributed by atoms with Gasteiger partial charge in [-0.3, -0.25) is 0 Å². The summed E-state index contributed by atoms with van der Waals surface area (Å²) in [6.07, 6.45) is 24.7. The molecule has 0 radical (unpaired) electrons. The van der Waals surface area contributed by atoms with E-state index in [1.54, 1.807) is 0 Å². The zero-order valence-corrected chi connectivity index (χ0v) is 11.9. The van der Waals surface area contributed by atoms with Gasteiger partial charge in [-0.05, 0) is 27.7 Å². The lowest BCUT2D eigenvalue weighted by molar-refractivity contribution is 1.50. The molecule has 0 bridgehead atoms. The molecule has 0 heterocycles. The molecule has 0 N–H and O–H groups in total. The Kier molecular flexibility index (Phi) is 10.5. The first-order valence-corrected chi connectivity index (χ1v) is 6.31. The molecule has 0 saturated heterocycles. The van der Waals surface area contributed by atoms with E-state index in [1.807, 2.05) is 50.3 Å². The smallest absolute Gasteiger partial charge is 0.0398 e. The van der Waals surface area contributed by atoms with Crippen LogP contribution in [0.3, 0.4) is 0 Å². The Balaban J connectivity index is 4.31. The Bertz CT molecular complexity index is 367. The van der Waals surface area contributed by atoms with E-state index in [-0.39, 0.29) is 0 Å². The van der Waals surface area contributed by atoms with Crippen LogP contribution in [-0.4, -0.2) is 0 Å². The van der Waals surface area contributed by atoms with E-state index in [1.165, 1.54) is 11.1 Å². The molecule has 0 aliphatic rings. The molecule has 0 spiro atoms. The number of hydrogen-bond donors (Lipinski definition) is 0. The largest absolute Gasteiger partial charge is 0.0877 e. The summed E-state index contributed by atoms with van der Waals surface area (Å²) < 4.78 is 0. The predicted octanol–water partition coefficient (Wildman–Crippen LogP) is 5.70. The van der Waals surface area contributed by atoms with Crippen LogP contribution in [0.15, 0.2) is 84.1 Å². The van der Waals surface area contributed by atoms with Gasteiger partial charge < -0.3 is 0 Å². The minimum absolute atomic E-state index is 1.24. The van der Waals surface area contributed by atoms with Gasteiger partial charge >= 0.3 is 0 Å². The predicted molar refractivity (Wildman–Crippen MR) is 84.6 cm³/mol. The van der Waals surface area contributed by atoms with Gasteiger partial charge in [-0.15, -0.1) is 0 Å². The molecule has 0 heteroatoms. The molecular formula is C18H24. The third-order valence-electron chi connectivity index (χ3n) is 2.15. The molecule has 0 aliphatic carbocycles. The molecule has 0 fully saturated rings. The Morgan fingerprint density at radius 1 is 0.556 bits per heavy atom. The number of hydrogen-bond acceptors (Lipinski definition) is 0. The van der Waals surface area contributed by atoms with E-state index in [0.717, 1.165) is 0 Å². The van der Waals surface area contributed by atoms with Crippen molar-refractivity contribution in [2.75, 3.05) is 0 Å². The highest BCUT2D eigenvalue weighted by atomic mass is 13.8. The van der Waals surface area contributed by atoms with Crippen LogP contribution in [0.4, 0.5) is 0 Å². The molecular weight excluding hydrogens is 216 g/mol. The average Bonchev–Trinajstić information content (AvgIpc) is 2.35. The topological polar surface area (TPSA) is 0 Å². The lowest BCUT2D eigenvalue weighted by Crippen LogP contribution is -1.66. The summed E-state index contributed by atoms with van der Waals surface area (Å²) in [6, 6.07) is 0. The first-order valence-electron chi connectivity index (χ1n) is 6.31. The summed E-state index contributed by atoms with van der Waals surface area (Å²) in [5.41, 5.74) is 2.47. The van der Waals surface area contributed by atoms with Gasteiger partial charge in [0.25, 0.3) is 0 Å². The van der Waals surface area contributed by atoms with Crippen molar-refractivity contribution in [1.29, 1.82) is 0 Å². The minimum Gasteiger partial charge on any atom is -0.0877 e. The molecule has 0 rings (SSSR count). The maximum Gasteiger partial charge on any atom is -0.0398 e. The SMILES string of the molecule is CC=C/C=C/C(C)=C/C=C/C=C(C)/C=C/C=CC. The molecule has 18 heavy (non-hydrogen) atoms. The zero-order valence-electron chi connectivity index (χ0n) is 11.9. The van der Waals surface area contributed by atoms with Gasteiger partial charge in [0.15, 0.2) is 0 Å². The lowest BCUT2D eigenvalue weighted by atomic mass is 10.2.